The number of hydrogen-bond donors (Lipinski definition) is 3. The topological polar surface area (TPSA) is 78.2 Å². The Hall–Kier alpha value is -3.12. The maximum Gasteiger partial charge on any atom is 0.130 e. The third-order valence-corrected chi connectivity index (χ3v) is 4.95. The van der Waals surface area contributed by atoms with E-state index in [4.69, 9.17) is 5.73 Å². The Morgan fingerprint density at radius 3 is 2.79 bits per heavy atom. The minimum absolute atomic E-state index is 0.251. The predicted octanol–water partition coefficient (Wildman–Crippen LogP) is 3.93. The second-order valence-corrected chi connectivity index (χ2v) is 7.08. The molecule has 1 aliphatic rings. The molecule has 0 bridgehead atoms. The average Bonchev–Trinajstić information content (AvgIpc) is 3.10. The van der Waals surface area contributed by atoms with Crippen LogP contribution in [0.2, 0.25) is 0 Å². The summed E-state index contributed by atoms with van der Waals surface area (Å²) >= 11 is 0. The van der Waals surface area contributed by atoms with Crippen molar-refractivity contribution in [2.45, 2.75) is 18.9 Å². The molecule has 1 atom stereocenters. The molecule has 6 heteroatoms. The van der Waals surface area contributed by atoms with Crippen molar-refractivity contribution < 1.29 is 9.50 Å². The van der Waals surface area contributed by atoms with Gasteiger partial charge in [-0.15, -0.1) is 0 Å². The number of piperidine rings is 1. The van der Waals surface area contributed by atoms with Crippen molar-refractivity contribution >= 4 is 23.7 Å². The van der Waals surface area contributed by atoms with Crippen molar-refractivity contribution in [1.29, 1.82) is 0 Å². The van der Waals surface area contributed by atoms with E-state index in [2.05, 4.69) is 14.9 Å². The molecule has 0 saturated carbocycles. The van der Waals surface area contributed by atoms with Gasteiger partial charge in [-0.25, -0.2) is 4.39 Å². The van der Waals surface area contributed by atoms with Crippen LogP contribution in [0, 0.1) is 5.82 Å². The highest BCUT2D eigenvalue weighted by Crippen LogP contribution is 2.31. The standard InChI is InChI=1S/C22H23FN4O/c23-17-6-3-15(4-7-17)5-8-18-12-16(9-10-25-18)21-13-20(24)22(26-21)27-11-1-2-19(28)14-27/h3-10,12-13,19,26,28H,1-2,11,14,24H2/b8-5+. The first-order chi connectivity index (χ1) is 13.6. The quantitative estimate of drug-likeness (QED) is 0.643. The number of H-pyrrole nitrogens is 1. The average molecular weight is 378 g/mol. The normalized spacial score (nSPS) is 17.4. The molecule has 1 fully saturated rings. The van der Waals surface area contributed by atoms with Crippen LogP contribution in [0.15, 0.2) is 48.7 Å². The fraction of sp³-hybridized carbons (Fsp3) is 0.227. The maximum absolute atomic E-state index is 13.0. The minimum atomic E-state index is -0.316. The lowest BCUT2D eigenvalue weighted by Gasteiger charge is -2.31. The van der Waals surface area contributed by atoms with Gasteiger partial charge in [-0.1, -0.05) is 18.2 Å². The predicted molar refractivity (Wildman–Crippen MR) is 111 cm³/mol. The number of aromatic nitrogens is 2. The molecule has 2 aromatic heterocycles. The smallest absolute Gasteiger partial charge is 0.130 e. The second kappa shape index (κ2) is 7.86. The monoisotopic (exact) mass is 378 g/mol. The van der Waals surface area contributed by atoms with E-state index in [9.17, 15) is 9.50 Å². The van der Waals surface area contributed by atoms with E-state index < -0.39 is 0 Å². The number of hydrogen-bond acceptors (Lipinski definition) is 4. The van der Waals surface area contributed by atoms with E-state index in [0.29, 0.717) is 12.2 Å². The number of rotatable bonds is 4. The fourth-order valence-corrected chi connectivity index (χ4v) is 3.50. The minimum Gasteiger partial charge on any atom is -0.396 e. The van der Waals surface area contributed by atoms with Crippen LogP contribution in [0.25, 0.3) is 23.4 Å². The Morgan fingerprint density at radius 1 is 1.18 bits per heavy atom. The summed E-state index contributed by atoms with van der Waals surface area (Å²) in [5.41, 5.74) is 10.5. The Bertz CT molecular complexity index is 980. The second-order valence-electron chi connectivity index (χ2n) is 7.08. The molecule has 4 N–H and O–H groups in total. The molecule has 1 aromatic carbocycles. The number of nitrogens with zero attached hydrogens (tertiary/aromatic N) is 2. The molecule has 0 aliphatic carbocycles. The van der Waals surface area contributed by atoms with Crippen molar-refractivity contribution in [3.63, 3.8) is 0 Å². The Labute approximate surface area is 163 Å². The van der Waals surface area contributed by atoms with Crippen molar-refractivity contribution in [2.75, 3.05) is 23.7 Å². The molecule has 144 valence electrons. The van der Waals surface area contributed by atoms with Gasteiger partial charge >= 0.3 is 0 Å². The van der Waals surface area contributed by atoms with Crippen LogP contribution in [-0.2, 0) is 0 Å². The van der Waals surface area contributed by atoms with E-state index in [-0.39, 0.29) is 11.9 Å². The number of β-amino-alcohol motifs (C(OH)–C–C–N with tert-alkyl or cyclic N) is 1. The third kappa shape index (κ3) is 4.07. The molecule has 3 heterocycles. The molecular formula is C22H23FN4O. The summed E-state index contributed by atoms with van der Waals surface area (Å²) in [5.74, 6) is 0.604. The summed E-state index contributed by atoms with van der Waals surface area (Å²) in [6, 6.07) is 12.1. The van der Waals surface area contributed by atoms with Gasteiger partial charge in [0.25, 0.3) is 0 Å². The molecular weight excluding hydrogens is 355 g/mol. The Kier molecular flexibility index (Phi) is 5.12. The van der Waals surface area contributed by atoms with Gasteiger partial charge < -0.3 is 20.7 Å². The highest BCUT2D eigenvalue weighted by atomic mass is 19.1. The third-order valence-electron chi connectivity index (χ3n) is 4.95. The van der Waals surface area contributed by atoms with Gasteiger partial charge in [0.2, 0.25) is 0 Å². The Balaban J connectivity index is 1.56. The number of anilines is 2. The molecule has 0 spiro atoms. The summed E-state index contributed by atoms with van der Waals surface area (Å²) in [6.45, 7) is 1.47. The van der Waals surface area contributed by atoms with Gasteiger partial charge in [0.05, 0.1) is 17.5 Å². The molecule has 1 unspecified atom stereocenters. The number of pyridine rings is 1. The molecule has 1 saturated heterocycles. The number of nitrogens with two attached hydrogens (primary N) is 1. The van der Waals surface area contributed by atoms with Crippen molar-refractivity contribution in [3.8, 4) is 11.3 Å². The van der Waals surface area contributed by atoms with Crippen LogP contribution >= 0.6 is 0 Å². The van der Waals surface area contributed by atoms with E-state index >= 15 is 0 Å². The van der Waals surface area contributed by atoms with Crippen LogP contribution < -0.4 is 10.6 Å². The number of nitrogen functional groups attached to an aromatic ring is 1. The number of benzene rings is 1. The summed E-state index contributed by atoms with van der Waals surface area (Å²) in [6.07, 6.45) is 7.01. The van der Waals surface area contributed by atoms with Crippen molar-refractivity contribution in [3.05, 3.63) is 65.7 Å². The fourth-order valence-electron chi connectivity index (χ4n) is 3.50. The van der Waals surface area contributed by atoms with E-state index in [1.54, 1.807) is 18.3 Å². The number of aromatic amines is 1. The zero-order valence-electron chi connectivity index (χ0n) is 15.5. The first kappa shape index (κ1) is 18.3. The van der Waals surface area contributed by atoms with Crippen LogP contribution in [0.3, 0.4) is 0 Å². The van der Waals surface area contributed by atoms with Gasteiger partial charge in [-0.2, -0.15) is 0 Å². The lowest BCUT2D eigenvalue weighted by Crippen LogP contribution is -2.38. The molecule has 28 heavy (non-hydrogen) atoms. The van der Waals surface area contributed by atoms with Crippen LogP contribution in [0.4, 0.5) is 15.9 Å². The maximum atomic E-state index is 13.0. The van der Waals surface area contributed by atoms with Gasteiger partial charge in [0, 0.05) is 30.5 Å². The zero-order valence-corrected chi connectivity index (χ0v) is 15.5. The molecule has 3 aromatic rings. The molecule has 4 rings (SSSR count). The molecule has 0 radical (unpaired) electrons. The van der Waals surface area contributed by atoms with Gasteiger partial charge in [-0.05, 0) is 54.8 Å². The first-order valence-electron chi connectivity index (χ1n) is 9.40. The van der Waals surface area contributed by atoms with Gasteiger partial charge in [0.15, 0.2) is 0 Å². The Morgan fingerprint density at radius 2 is 2.00 bits per heavy atom. The van der Waals surface area contributed by atoms with E-state index in [0.717, 1.165) is 47.7 Å². The van der Waals surface area contributed by atoms with Crippen LogP contribution in [-0.4, -0.2) is 34.3 Å². The van der Waals surface area contributed by atoms with Crippen LogP contribution in [0.1, 0.15) is 24.1 Å². The van der Waals surface area contributed by atoms with Crippen molar-refractivity contribution in [1.82, 2.24) is 9.97 Å². The number of halogens is 1. The first-order valence-corrected chi connectivity index (χ1v) is 9.40. The van der Waals surface area contributed by atoms with E-state index in [1.807, 2.05) is 30.4 Å². The molecule has 0 amide bonds. The van der Waals surface area contributed by atoms with Crippen LogP contribution in [0.5, 0.6) is 0 Å². The van der Waals surface area contributed by atoms with Gasteiger partial charge in [-0.3, -0.25) is 4.98 Å². The largest absolute Gasteiger partial charge is 0.396 e. The summed E-state index contributed by atoms with van der Waals surface area (Å²) in [4.78, 5) is 9.87. The number of nitrogens with one attached hydrogen (secondary N) is 1. The lowest BCUT2D eigenvalue weighted by molar-refractivity contribution is 0.154. The summed E-state index contributed by atoms with van der Waals surface area (Å²) in [5, 5.41) is 9.93. The lowest BCUT2D eigenvalue weighted by atomic mass is 10.1. The SMILES string of the molecule is Nc1cc(-c2ccnc(/C=C/c3ccc(F)cc3)c2)[nH]c1N1CCCC(O)C1. The highest BCUT2D eigenvalue weighted by molar-refractivity contribution is 5.76. The van der Waals surface area contributed by atoms with Gasteiger partial charge in [0.1, 0.15) is 11.6 Å². The zero-order chi connectivity index (χ0) is 19.5. The number of aliphatic hydroxyl groups is 1. The number of aliphatic hydroxyl groups excluding tert-OH is 1. The molecule has 5 nitrogen and oxygen atoms in total. The summed E-state index contributed by atoms with van der Waals surface area (Å²) < 4.78 is 13.0. The van der Waals surface area contributed by atoms with Crippen molar-refractivity contribution in [2.24, 2.45) is 0 Å². The summed E-state index contributed by atoms with van der Waals surface area (Å²) in [7, 11) is 0. The highest BCUT2D eigenvalue weighted by Gasteiger charge is 2.21. The molecule has 1 aliphatic heterocycles. The van der Waals surface area contributed by atoms with E-state index in [1.165, 1.54) is 12.1 Å².